The molecule has 0 aliphatic carbocycles. The third-order valence-corrected chi connectivity index (χ3v) is 2.71. The Kier molecular flexibility index (Phi) is 4.45. The number of thiocarbonyl (C=S) groups is 1. The van der Waals surface area contributed by atoms with Crippen molar-refractivity contribution in [1.29, 1.82) is 0 Å². The monoisotopic (exact) mass is 251 g/mol. The molecule has 0 radical (unpaired) electrons. The van der Waals surface area contributed by atoms with Crippen LogP contribution < -0.4 is 16.4 Å². The average Bonchev–Trinajstić information content (AvgIpc) is 2.25. The Balaban J connectivity index is 3.18. The average molecular weight is 251 g/mol. The summed E-state index contributed by atoms with van der Waals surface area (Å²) in [7, 11) is 0. The van der Waals surface area contributed by atoms with E-state index in [9.17, 15) is 4.79 Å². The van der Waals surface area contributed by atoms with Crippen LogP contribution in [0.25, 0.3) is 0 Å². The van der Waals surface area contributed by atoms with Crippen LogP contribution in [-0.2, 0) is 4.79 Å². The molecule has 0 heterocycles. The van der Waals surface area contributed by atoms with Gasteiger partial charge in [-0.2, -0.15) is 0 Å². The van der Waals surface area contributed by atoms with E-state index in [2.05, 4.69) is 0 Å². The third kappa shape index (κ3) is 3.42. The third-order valence-electron chi connectivity index (χ3n) is 2.49. The van der Waals surface area contributed by atoms with E-state index in [-0.39, 0.29) is 12.5 Å². The van der Waals surface area contributed by atoms with Gasteiger partial charge in [-0.05, 0) is 26.0 Å². The van der Waals surface area contributed by atoms with Gasteiger partial charge in [0.2, 0.25) is 5.91 Å². The van der Waals surface area contributed by atoms with Crippen molar-refractivity contribution in [3.05, 3.63) is 29.3 Å². The van der Waals surface area contributed by atoms with Crippen molar-refractivity contribution in [2.75, 3.05) is 18.0 Å². The minimum Gasteiger partial charge on any atom is -0.389 e. The smallest absolute Gasteiger partial charge is 0.236 e. The number of anilines is 1. The van der Waals surface area contributed by atoms with Crippen molar-refractivity contribution in [2.45, 2.75) is 13.8 Å². The molecule has 17 heavy (non-hydrogen) atoms. The van der Waals surface area contributed by atoms with Gasteiger partial charge in [-0.3, -0.25) is 4.79 Å². The Morgan fingerprint density at radius 1 is 1.41 bits per heavy atom. The Hall–Kier alpha value is -1.62. The molecule has 0 spiro atoms. The molecule has 0 aliphatic heterocycles. The van der Waals surface area contributed by atoms with Gasteiger partial charge in [-0.1, -0.05) is 23.8 Å². The molecule has 5 heteroatoms. The van der Waals surface area contributed by atoms with Crippen molar-refractivity contribution in [3.63, 3.8) is 0 Å². The topological polar surface area (TPSA) is 72.3 Å². The summed E-state index contributed by atoms with van der Waals surface area (Å²) in [5, 5.41) is 0. The second kappa shape index (κ2) is 5.63. The summed E-state index contributed by atoms with van der Waals surface area (Å²) >= 11 is 5.02. The normalized spacial score (nSPS) is 10.0. The lowest BCUT2D eigenvalue weighted by Gasteiger charge is -2.24. The largest absolute Gasteiger partial charge is 0.389 e. The molecule has 0 saturated carbocycles. The Morgan fingerprint density at radius 3 is 2.53 bits per heavy atom. The first-order valence-corrected chi connectivity index (χ1v) is 5.80. The molecule has 1 aromatic rings. The number of nitrogens with two attached hydrogens (primary N) is 2. The molecule has 4 N–H and O–H groups in total. The highest BCUT2D eigenvalue weighted by Gasteiger charge is 2.13. The Bertz CT molecular complexity index is 445. The van der Waals surface area contributed by atoms with Crippen LogP contribution >= 0.6 is 12.2 Å². The van der Waals surface area contributed by atoms with Crippen LogP contribution in [0.5, 0.6) is 0 Å². The van der Waals surface area contributed by atoms with Gasteiger partial charge >= 0.3 is 0 Å². The summed E-state index contributed by atoms with van der Waals surface area (Å²) in [5.74, 6) is -0.374. The lowest BCUT2D eigenvalue weighted by molar-refractivity contribution is -0.116. The van der Waals surface area contributed by atoms with E-state index in [0.29, 0.717) is 11.5 Å². The van der Waals surface area contributed by atoms with Gasteiger partial charge in [0.1, 0.15) is 4.99 Å². The van der Waals surface area contributed by atoms with Gasteiger partial charge in [0.15, 0.2) is 0 Å². The fraction of sp³-hybridized carbons (Fsp3) is 0.333. The van der Waals surface area contributed by atoms with Crippen molar-refractivity contribution >= 4 is 28.8 Å². The van der Waals surface area contributed by atoms with Crippen LogP contribution in [-0.4, -0.2) is 24.0 Å². The first-order valence-electron chi connectivity index (χ1n) is 5.39. The quantitative estimate of drug-likeness (QED) is 0.764. The molecule has 1 aromatic carbocycles. The SMILES string of the molecule is CCN(CC(N)=O)c1ccc(C)cc1C(N)=S. The van der Waals surface area contributed by atoms with E-state index in [1.807, 2.05) is 36.9 Å². The molecule has 0 aliphatic rings. The van der Waals surface area contributed by atoms with Gasteiger partial charge in [-0.25, -0.2) is 0 Å². The molecule has 0 bridgehead atoms. The standard InChI is InChI=1S/C12H17N3OS/c1-3-15(7-11(13)16)10-5-4-8(2)6-9(10)12(14)17/h4-6H,3,7H2,1-2H3,(H2,13,16)(H2,14,17). The summed E-state index contributed by atoms with van der Waals surface area (Å²) in [4.78, 5) is 13.2. The molecule has 0 fully saturated rings. The van der Waals surface area contributed by atoms with Gasteiger partial charge in [-0.15, -0.1) is 0 Å². The maximum Gasteiger partial charge on any atom is 0.236 e. The molecular weight excluding hydrogens is 234 g/mol. The van der Waals surface area contributed by atoms with Gasteiger partial charge in [0, 0.05) is 17.8 Å². The van der Waals surface area contributed by atoms with Crippen molar-refractivity contribution in [3.8, 4) is 0 Å². The van der Waals surface area contributed by atoms with E-state index >= 15 is 0 Å². The van der Waals surface area contributed by atoms with E-state index in [0.717, 1.165) is 16.8 Å². The molecule has 0 aromatic heterocycles. The van der Waals surface area contributed by atoms with E-state index in [1.54, 1.807) is 0 Å². The number of carbonyl (C=O) groups is 1. The van der Waals surface area contributed by atoms with Crippen LogP contribution in [0, 0.1) is 6.92 Å². The minimum absolute atomic E-state index is 0.162. The van der Waals surface area contributed by atoms with Crippen LogP contribution in [0.3, 0.4) is 0 Å². The summed E-state index contributed by atoms with van der Waals surface area (Å²) in [5.41, 5.74) is 13.6. The molecule has 1 rings (SSSR count). The lowest BCUT2D eigenvalue weighted by atomic mass is 10.1. The molecule has 0 unspecified atom stereocenters. The second-order valence-corrected chi connectivity index (χ2v) is 4.31. The molecular formula is C12H17N3OS. The fourth-order valence-electron chi connectivity index (χ4n) is 1.68. The number of hydrogen-bond donors (Lipinski definition) is 2. The number of benzene rings is 1. The van der Waals surface area contributed by atoms with E-state index in [1.165, 1.54) is 0 Å². The molecule has 1 amide bonds. The van der Waals surface area contributed by atoms with Crippen LogP contribution in [0.1, 0.15) is 18.1 Å². The molecule has 0 atom stereocenters. The van der Waals surface area contributed by atoms with Gasteiger partial charge < -0.3 is 16.4 Å². The maximum atomic E-state index is 11.0. The number of nitrogens with zero attached hydrogens (tertiary/aromatic N) is 1. The highest BCUT2D eigenvalue weighted by Crippen LogP contribution is 2.21. The molecule has 0 saturated heterocycles. The van der Waals surface area contributed by atoms with Crippen molar-refractivity contribution < 1.29 is 4.79 Å². The Labute approximate surface area is 107 Å². The van der Waals surface area contributed by atoms with E-state index in [4.69, 9.17) is 23.7 Å². The van der Waals surface area contributed by atoms with Crippen LogP contribution in [0.4, 0.5) is 5.69 Å². The fourth-order valence-corrected chi connectivity index (χ4v) is 1.84. The number of likely N-dealkylation sites (N-methyl/N-ethyl adjacent to an activating group) is 1. The van der Waals surface area contributed by atoms with Crippen molar-refractivity contribution in [2.24, 2.45) is 11.5 Å². The van der Waals surface area contributed by atoms with Gasteiger partial charge in [0.05, 0.1) is 6.54 Å². The highest BCUT2D eigenvalue weighted by molar-refractivity contribution is 7.80. The Morgan fingerprint density at radius 2 is 2.06 bits per heavy atom. The zero-order valence-corrected chi connectivity index (χ0v) is 10.9. The highest BCUT2D eigenvalue weighted by atomic mass is 32.1. The second-order valence-electron chi connectivity index (χ2n) is 3.87. The number of hydrogen-bond acceptors (Lipinski definition) is 3. The summed E-state index contributed by atoms with van der Waals surface area (Å²) in [6.45, 7) is 4.75. The lowest BCUT2D eigenvalue weighted by Crippen LogP contribution is -2.35. The first kappa shape index (κ1) is 13.4. The number of carbonyl (C=O) groups excluding carboxylic acids is 1. The summed E-state index contributed by atoms with van der Waals surface area (Å²) < 4.78 is 0. The predicted octanol–water partition coefficient (Wildman–Crippen LogP) is 0.941. The van der Waals surface area contributed by atoms with Crippen LogP contribution in [0.15, 0.2) is 18.2 Å². The molecule has 92 valence electrons. The number of primary amides is 1. The number of aryl methyl sites for hydroxylation is 1. The maximum absolute atomic E-state index is 11.0. The zero-order chi connectivity index (χ0) is 13.0. The van der Waals surface area contributed by atoms with E-state index < -0.39 is 0 Å². The summed E-state index contributed by atoms with van der Waals surface area (Å²) in [6.07, 6.45) is 0. The minimum atomic E-state index is -0.374. The van der Waals surface area contributed by atoms with Crippen LogP contribution in [0.2, 0.25) is 0 Å². The zero-order valence-electron chi connectivity index (χ0n) is 10.1. The van der Waals surface area contributed by atoms with Gasteiger partial charge in [0.25, 0.3) is 0 Å². The summed E-state index contributed by atoms with van der Waals surface area (Å²) in [6, 6.07) is 5.79. The first-order chi connectivity index (χ1) is 7.95. The number of amides is 1. The van der Waals surface area contributed by atoms with Crippen molar-refractivity contribution in [1.82, 2.24) is 0 Å². The predicted molar refractivity (Wildman–Crippen MR) is 74.1 cm³/mol. The number of rotatable bonds is 5. The molecule has 4 nitrogen and oxygen atoms in total.